The maximum Gasteiger partial charge on any atom is 0.194 e. The Morgan fingerprint density at radius 3 is 2.71 bits per heavy atom. The molecule has 2 rings (SSSR count). The number of pyridine rings is 1. The van der Waals surface area contributed by atoms with Gasteiger partial charge in [0, 0.05) is 11.3 Å². The fourth-order valence-corrected chi connectivity index (χ4v) is 1.77. The number of H-pyrrole nitrogens is 1. The van der Waals surface area contributed by atoms with Crippen LogP contribution in [0, 0.1) is 13.8 Å². The van der Waals surface area contributed by atoms with Crippen LogP contribution < -0.4 is 5.43 Å². The fraction of sp³-hybridized carbons (Fsp3) is 0.182. The molecule has 0 amide bonds. The number of hydrogen-bond acceptors (Lipinski definition) is 1. The van der Waals surface area contributed by atoms with E-state index in [1.54, 1.807) is 13.0 Å². The molecule has 0 spiro atoms. The normalized spacial score (nSPS) is 10.8. The summed E-state index contributed by atoms with van der Waals surface area (Å²) in [6.07, 6.45) is 0. The van der Waals surface area contributed by atoms with E-state index < -0.39 is 0 Å². The Morgan fingerprint density at radius 1 is 1.29 bits per heavy atom. The van der Waals surface area contributed by atoms with E-state index in [-0.39, 0.29) is 5.43 Å². The van der Waals surface area contributed by atoms with Gasteiger partial charge in [0.25, 0.3) is 0 Å². The molecular formula is C11H10ClNO. The zero-order valence-corrected chi connectivity index (χ0v) is 8.77. The molecule has 14 heavy (non-hydrogen) atoms. The summed E-state index contributed by atoms with van der Waals surface area (Å²) in [5.74, 6) is 0. The Morgan fingerprint density at radius 2 is 2.00 bits per heavy atom. The van der Waals surface area contributed by atoms with E-state index in [1.165, 1.54) is 0 Å². The van der Waals surface area contributed by atoms with Crippen LogP contribution in [0.2, 0.25) is 5.02 Å². The molecule has 2 aromatic rings. The van der Waals surface area contributed by atoms with E-state index in [1.807, 2.05) is 19.1 Å². The van der Waals surface area contributed by atoms with Gasteiger partial charge in [-0.15, -0.1) is 0 Å². The van der Waals surface area contributed by atoms with Crippen LogP contribution >= 0.6 is 11.6 Å². The standard InChI is InChI=1S/C11H10ClNO/c1-6-7(2)13-9-5-3-4-8(12)10(9)11(6)14/h3-5H,1-2H3,(H,13,14). The van der Waals surface area contributed by atoms with Gasteiger partial charge in [0.15, 0.2) is 5.43 Å². The molecule has 1 N–H and O–H groups in total. The van der Waals surface area contributed by atoms with Gasteiger partial charge in [-0.05, 0) is 26.0 Å². The quantitative estimate of drug-likeness (QED) is 0.708. The van der Waals surface area contributed by atoms with Gasteiger partial charge < -0.3 is 4.98 Å². The lowest BCUT2D eigenvalue weighted by Gasteiger charge is -2.04. The number of benzene rings is 1. The van der Waals surface area contributed by atoms with Gasteiger partial charge in [-0.1, -0.05) is 17.7 Å². The SMILES string of the molecule is Cc1[nH]c2cccc(Cl)c2c(=O)c1C. The highest BCUT2D eigenvalue weighted by Crippen LogP contribution is 2.19. The van der Waals surface area contributed by atoms with Gasteiger partial charge >= 0.3 is 0 Å². The molecular weight excluding hydrogens is 198 g/mol. The summed E-state index contributed by atoms with van der Waals surface area (Å²) < 4.78 is 0. The summed E-state index contributed by atoms with van der Waals surface area (Å²) in [6.45, 7) is 3.69. The molecule has 1 aromatic heterocycles. The fourth-order valence-electron chi connectivity index (χ4n) is 1.51. The molecule has 0 atom stereocenters. The van der Waals surface area contributed by atoms with E-state index in [2.05, 4.69) is 4.98 Å². The van der Waals surface area contributed by atoms with Crippen molar-refractivity contribution in [2.45, 2.75) is 13.8 Å². The third-order valence-electron chi connectivity index (χ3n) is 2.47. The van der Waals surface area contributed by atoms with Crippen LogP contribution in [0.3, 0.4) is 0 Å². The van der Waals surface area contributed by atoms with Crippen LogP contribution in [0.25, 0.3) is 10.9 Å². The first-order valence-corrected chi connectivity index (χ1v) is 4.77. The Kier molecular flexibility index (Phi) is 2.08. The highest BCUT2D eigenvalue weighted by molar-refractivity contribution is 6.35. The highest BCUT2D eigenvalue weighted by Gasteiger charge is 2.07. The van der Waals surface area contributed by atoms with Crippen molar-refractivity contribution in [1.29, 1.82) is 0 Å². The van der Waals surface area contributed by atoms with E-state index in [4.69, 9.17) is 11.6 Å². The molecule has 1 aromatic carbocycles. The predicted molar refractivity (Wildman–Crippen MR) is 59.1 cm³/mol. The third-order valence-corrected chi connectivity index (χ3v) is 2.78. The molecule has 0 bridgehead atoms. The Bertz CT molecular complexity index is 557. The van der Waals surface area contributed by atoms with E-state index in [0.717, 1.165) is 16.8 Å². The molecule has 0 aliphatic rings. The average molecular weight is 208 g/mol. The van der Waals surface area contributed by atoms with Gasteiger partial charge in [-0.25, -0.2) is 0 Å². The van der Waals surface area contributed by atoms with Crippen LogP contribution in [0.1, 0.15) is 11.3 Å². The summed E-state index contributed by atoms with van der Waals surface area (Å²) in [4.78, 5) is 15.0. The van der Waals surface area contributed by atoms with Crippen LogP contribution in [-0.2, 0) is 0 Å². The van der Waals surface area contributed by atoms with Crippen molar-refractivity contribution in [2.75, 3.05) is 0 Å². The molecule has 1 heterocycles. The molecule has 0 unspecified atom stereocenters. The molecule has 0 saturated heterocycles. The summed E-state index contributed by atoms with van der Waals surface area (Å²) in [6, 6.07) is 5.42. The summed E-state index contributed by atoms with van der Waals surface area (Å²) in [5.41, 5.74) is 2.43. The van der Waals surface area contributed by atoms with Crippen molar-refractivity contribution >= 4 is 22.5 Å². The number of aromatic amines is 1. The molecule has 72 valence electrons. The predicted octanol–water partition coefficient (Wildman–Crippen LogP) is 2.80. The molecule has 0 radical (unpaired) electrons. The lowest BCUT2D eigenvalue weighted by molar-refractivity contribution is 1.18. The van der Waals surface area contributed by atoms with Crippen molar-refractivity contribution in [3.05, 3.63) is 44.7 Å². The van der Waals surface area contributed by atoms with Gasteiger partial charge in [0.1, 0.15) is 0 Å². The lowest BCUT2D eigenvalue weighted by Crippen LogP contribution is -2.09. The number of hydrogen-bond donors (Lipinski definition) is 1. The van der Waals surface area contributed by atoms with Gasteiger partial charge in [0.05, 0.1) is 15.9 Å². The van der Waals surface area contributed by atoms with Crippen molar-refractivity contribution in [2.24, 2.45) is 0 Å². The first-order valence-electron chi connectivity index (χ1n) is 4.39. The molecule has 0 saturated carbocycles. The zero-order valence-electron chi connectivity index (χ0n) is 8.02. The van der Waals surface area contributed by atoms with E-state index >= 15 is 0 Å². The van der Waals surface area contributed by atoms with E-state index in [9.17, 15) is 4.79 Å². The van der Waals surface area contributed by atoms with E-state index in [0.29, 0.717) is 10.4 Å². The largest absolute Gasteiger partial charge is 0.358 e. The number of halogens is 1. The molecule has 0 aliphatic carbocycles. The second-order valence-corrected chi connectivity index (χ2v) is 3.77. The minimum absolute atomic E-state index is 0.0156. The first kappa shape index (κ1) is 9.28. The first-order chi connectivity index (χ1) is 6.61. The Balaban J connectivity index is 3.07. The minimum atomic E-state index is 0.0156. The van der Waals surface area contributed by atoms with Gasteiger partial charge in [0.2, 0.25) is 0 Å². The maximum atomic E-state index is 11.9. The monoisotopic (exact) mass is 207 g/mol. The maximum absolute atomic E-state index is 11.9. The topological polar surface area (TPSA) is 32.9 Å². The zero-order chi connectivity index (χ0) is 10.3. The molecule has 2 nitrogen and oxygen atoms in total. The van der Waals surface area contributed by atoms with Gasteiger partial charge in [-0.3, -0.25) is 4.79 Å². The molecule has 0 aliphatic heterocycles. The highest BCUT2D eigenvalue weighted by atomic mass is 35.5. The number of aromatic nitrogens is 1. The van der Waals surface area contributed by atoms with Crippen LogP contribution in [0.15, 0.2) is 23.0 Å². The number of rotatable bonds is 0. The van der Waals surface area contributed by atoms with Crippen LogP contribution in [0.4, 0.5) is 0 Å². The molecule has 0 fully saturated rings. The second kappa shape index (κ2) is 3.14. The summed E-state index contributed by atoms with van der Waals surface area (Å²) >= 11 is 5.97. The Hall–Kier alpha value is -1.28. The van der Waals surface area contributed by atoms with Crippen molar-refractivity contribution in [3.63, 3.8) is 0 Å². The lowest BCUT2D eigenvalue weighted by atomic mass is 10.1. The van der Waals surface area contributed by atoms with Gasteiger partial charge in [-0.2, -0.15) is 0 Å². The molecule has 3 heteroatoms. The smallest absolute Gasteiger partial charge is 0.194 e. The van der Waals surface area contributed by atoms with Crippen molar-refractivity contribution < 1.29 is 0 Å². The number of nitrogens with one attached hydrogen (secondary N) is 1. The second-order valence-electron chi connectivity index (χ2n) is 3.37. The summed E-state index contributed by atoms with van der Waals surface area (Å²) in [5, 5.41) is 1.09. The van der Waals surface area contributed by atoms with Crippen molar-refractivity contribution in [1.82, 2.24) is 4.98 Å². The minimum Gasteiger partial charge on any atom is -0.358 e. The average Bonchev–Trinajstić information content (AvgIpc) is 2.14. The van der Waals surface area contributed by atoms with Crippen LogP contribution in [0.5, 0.6) is 0 Å². The van der Waals surface area contributed by atoms with Crippen molar-refractivity contribution in [3.8, 4) is 0 Å². The third kappa shape index (κ3) is 1.23. The van der Waals surface area contributed by atoms with Crippen LogP contribution in [-0.4, -0.2) is 4.98 Å². The Labute approximate surface area is 86.5 Å². The summed E-state index contributed by atoms with van der Waals surface area (Å²) in [7, 11) is 0. The number of fused-ring (bicyclic) bond motifs is 1. The number of aryl methyl sites for hydroxylation is 1.